The minimum atomic E-state index is -0.451. The molecule has 20 heavy (non-hydrogen) atoms. The summed E-state index contributed by atoms with van der Waals surface area (Å²) in [6, 6.07) is 4.43. The van der Waals surface area contributed by atoms with Crippen molar-refractivity contribution in [3.63, 3.8) is 0 Å². The summed E-state index contributed by atoms with van der Waals surface area (Å²) in [4.78, 5) is 12.5. The van der Waals surface area contributed by atoms with Gasteiger partial charge in [-0.25, -0.2) is 14.4 Å². The van der Waals surface area contributed by atoms with E-state index in [0.717, 1.165) is 4.34 Å². The number of thioether (sulfide) groups is 1. The van der Waals surface area contributed by atoms with Gasteiger partial charge in [-0.05, 0) is 36.1 Å². The third-order valence-electron chi connectivity index (χ3n) is 2.57. The van der Waals surface area contributed by atoms with Gasteiger partial charge in [-0.15, -0.1) is 11.3 Å². The third-order valence-corrected chi connectivity index (χ3v) is 5.01. The predicted molar refractivity (Wildman–Crippen MR) is 82.4 cm³/mol. The molecule has 0 saturated carbocycles. The van der Waals surface area contributed by atoms with Crippen LogP contribution >= 0.6 is 46.3 Å². The number of benzene rings is 1. The Morgan fingerprint density at radius 3 is 2.70 bits per heavy atom. The summed E-state index contributed by atoms with van der Waals surface area (Å²) >= 11 is 14.6. The summed E-state index contributed by atoms with van der Waals surface area (Å²) in [5, 5.41) is 0.372. The summed E-state index contributed by atoms with van der Waals surface area (Å²) in [5.41, 5.74) is 1.25. The number of nitrogens with zero attached hydrogens (tertiary/aromatic N) is 3. The summed E-state index contributed by atoms with van der Waals surface area (Å²) < 4.78 is 15.6. The molecule has 0 aliphatic rings. The molecule has 0 fully saturated rings. The van der Waals surface area contributed by atoms with Crippen molar-refractivity contribution in [2.45, 2.75) is 4.34 Å². The maximum absolute atomic E-state index is 14.1. The highest BCUT2D eigenvalue weighted by atomic mass is 35.5. The van der Waals surface area contributed by atoms with Gasteiger partial charge in [0.05, 0.1) is 5.69 Å². The molecule has 3 rings (SSSR count). The molecule has 1 aromatic carbocycles. The molecule has 3 aromatic rings. The highest BCUT2D eigenvalue weighted by Gasteiger charge is 2.17. The van der Waals surface area contributed by atoms with Crippen molar-refractivity contribution in [2.75, 3.05) is 6.26 Å². The van der Waals surface area contributed by atoms with E-state index in [2.05, 4.69) is 15.0 Å². The van der Waals surface area contributed by atoms with E-state index in [-0.39, 0.29) is 5.28 Å². The van der Waals surface area contributed by atoms with Crippen LogP contribution in [0.2, 0.25) is 10.3 Å². The van der Waals surface area contributed by atoms with Crippen LogP contribution in [-0.2, 0) is 0 Å². The Balaban J connectivity index is 2.31. The molecule has 3 nitrogen and oxygen atoms in total. The zero-order valence-electron chi connectivity index (χ0n) is 10.0. The first-order valence-corrected chi connectivity index (χ1v) is 8.21. The molecule has 8 heteroatoms. The first-order chi connectivity index (χ1) is 9.58. The van der Waals surface area contributed by atoms with Crippen molar-refractivity contribution < 1.29 is 4.39 Å². The van der Waals surface area contributed by atoms with E-state index >= 15 is 0 Å². The average Bonchev–Trinajstić information content (AvgIpc) is 2.81. The minimum absolute atomic E-state index is 0.0415. The molecular weight excluding hydrogens is 340 g/mol. The lowest BCUT2D eigenvalue weighted by molar-refractivity contribution is 0.631. The molecule has 0 saturated heterocycles. The molecule has 0 bridgehead atoms. The molecule has 2 heterocycles. The van der Waals surface area contributed by atoms with Crippen LogP contribution in [0.1, 0.15) is 0 Å². The molecule has 0 spiro atoms. The molecule has 0 radical (unpaired) electrons. The molecule has 0 amide bonds. The number of hydrogen-bond acceptors (Lipinski definition) is 5. The van der Waals surface area contributed by atoms with E-state index in [9.17, 15) is 4.39 Å². The van der Waals surface area contributed by atoms with Gasteiger partial charge < -0.3 is 0 Å². The van der Waals surface area contributed by atoms with Crippen LogP contribution in [0.25, 0.3) is 21.6 Å². The highest BCUT2D eigenvalue weighted by Crippen LogP contribution is 2.36. The Kier molecular flexibility index (Phi) is 3.81. The van der Waals surface area contributed by atoms with Crippen LogP contribution in [-0.4, -0.2) is 21.2 Å². The van der Waals surface area contributed by atoms with Gasteiger partial charge in [-0.1, -0.05) is 23.4 Å². The minimum Gasteiger partial charge on any atom is -0.216 e. The second-order valence-corrected chi connectivity index (χ2v) is 6.63. The van der Waals surface area contributed by atoms with Crippen LogP contribution in [0.4, 0.5) is 4.39 Å². The van der Waals surface area contributed by atoms with Gasteiger partial charge in [0.15, 0.2) is 9.99 Å². The third kappa shape index (κ3) is 2.48. The van der Waals surface area contributed by atoms with Gasteiger partial charge in [0.2, 0.25) is 5.28 Å². The second-order valence-electron chi connectivity index (χ2n) is 3.80. The monoisotopic (exact) mass is 345 g/mol. The molecule has 0 atom stereocenters. The van der Waals surface area contributed by atoms with Crippen LogP contribution in [0.5, 0.6) is 0 Å². The summed E-state index contributed by atoms with van der Waals surface area (Å²) in [5.74, 6) is -0.451. The Hall–Kier alpha value is -0.950. The molecule has 0 aliphatic heterocycles. The van der Waals surface area contributed by atoms with Gasteiger partial charge in [0, 0.05) is 10.6 Å². The van der Waals surface area contributed by atoms with E-state index in [1.165, 1.54) is 29.2 Å². The van der Waals surface area contributed by atoms with Gasteiger partial charge in [-0.3, -0.25) is 0 Å². The molecule has 2 aromatic heterocycles. The van der Waals surface area contributed by atoms with Crippen LogP contribution in [0, 0.1) is 5.82 Å². The maximum Gasteiger partial charge on any atom is 0.225 e. The van der Waals surface area contributed by atoms with E-state index in [4.69, 9.17) is 23.2 Å². The number of fused-ring (bicyclic) bond motifs is 1. The van der Waals surface area contributed by atoms with E-state index in [1.807, 2.05) is 6.26 Å². The van der Waals surface area contributed by atoms with Crippen LogP contribution in [0.15, 0.2) is 22.5 Å². The number of halogens is 3. The number of aromatic nitrogens is 3. The number of hydrogen-bond donors (Lipinski definition) is 0. The molecule has 0 unspecified atom stereocenters. The van der Waals surface area contributed by atoms with Gasteiger partial charge in [0.1, 0.15) is 10.5 Å². The van der Waals surface area contributed by atoms with E-state index < -0.39 is 5.82 Å². The largest absolute Gasteiger partial charge is 0.225 e. The Morgan fingerprint density at radius 2 is 2.00 bits per heavy atom. The lowest BCUT2D eigenvalue weighted by Gasteiger charge is -2.04. The van der Waals surface area contributed by atoms with Crippen molar-refractivity contribution in [1.82, 2.24) is 15.0 Å². The van der Waals surface area contributed by atoms with Gasteiger partial charge in [0.25, 0.3) is 0 Å². The van der Waals surface area contributed by atoms with E-state index in [0.29, 0.717) is 26.6 Å². The fourth-order valence-electron chi connectivity index (χ4n) is 1.73. The van der Waals surface area contributed by atoms with Crippen molar-refractivity contribution in [3.05, 3.63) is 34.3 Å². The van der Waals surface area contributed by atoms with Crippen LogP contribution < -0.4 is 0 Å². The lowest BCUT2D eigenvalue weighted by Crippen LogP contribution is -1.92. The maximum atomic E-state index is 14.1. The highest BCUT2D eigenvalue weighted by molar-refractivity contribution is 8.00. The summed E-state index contributed by atoms with van der Waals surface area (Å²) in [6.07, 6.45) is 1.91. The lowest BCUT2D eigenvalue weighted by atomic mass is 10.1. The van der Waals surface area contributed by atoms with Gasteiger partial charge >= 0.3 is 0 Å². The summed E-state index contributed by atoms with van der Waals surface area (Å²) in [6.45, 7) is 0. The molecular formula is C12H6Cl2FN3S2. The Morgan fingerprint density at radius 1 is 1.20 bits per heavy atom. The molecule has 102 valence electrons. The quantitative estimate of drug-likeness (QED) is 0.488. The Bertz CT molecular complexity index is 807. The SMILES string of the molecule is CSc1nc2nc(Cl)nc(-c3ccc(Cl)cc3F)c2s1. The van der Waals surface area contributed by atoms with Crippen molar-refractivity contribution in [2.24, 2.45) is 0 Å². The fraction of sp³-hybridized carbons (Fsp3) is 0.0833. The first-order valence-electron chi connectivity index (χ1n) is 5.42. The predicted octanol–water partition coefficient (Wildman–Crippen LogP) is 4.92. The first kappa shape index (κ1) is 14.0. The fourth-order valence-corrected chi connectivity index (χ4v) is 3.56. The van der Waals surface area contributed by atoms with Crippen molar-refractivity contribution >= 4 is 56.6 Å². The summed E-state index contributed by atoms with van der Waals surface area (Å²) in [7, 11) is 0. The van der Waals surface area contributed by atoms with Crippen molar-refractivity contribution in [1.29, 1.82) is 0 Å². The second kappa shape index (κ2) is 5.44. The standard InChI is InChI=1S/C12H6Cl2FN3S2/c1-19-12-18-10-9(20-12)8(16-11(14)17-10)6-3-2-5(13)4-7(6)15/h2-4H,1H3. The number of thiazole rings is 1. The van der Waals surface area contributed by atoms with Crippen molar-refractivity contribution in [3.8, 4) is 11.3 Å². The van der Waals surface area contributed by atoms with Crippen LogP contribution in [0.3, 0.4) is 0 Å². The van der Waals surface area contributed by atoms with E-state index in [1.54, 1.807) is 12.1 Å². The van der Waals surface area contributed by atoms with Gasteiger partial charge in [-0.2, -0.15) is 4.98 Å². The zero-order valence-corrected chi connectivity index (χ0v) is 13.2. The molecule has 0 aliphatic carbocycles. The topological polar surface area (TPSA) is 38.7 Å². The zero-order chi connectivity index (χ0) is 14.3. The Labute approximate surface area is 132 Å². The normalized spacial score (nSPS) is 11.2. The smallest absolute Gasteiger partial charge is 0.216 e. The molecule has 0 N–H and O–H groups in total. The average molecular weight is 346 g/mol. The number of rotatable bonds is 2.